The lowest BCUT2D eigenvalue weighted by molar-refractivity contribution is -0.0875. The van der Waals surface area contributed by atoms with E-state index in [9.17, 15) is 0 Å². The highest BCUT2D eigenvalue weighted by Gasteiger charge is 2.43. The van der Waals surface area contributed by atoms with Crippen LogP contribution >= 0.6 is 27.3 Å². The molecule has 0 bridgehead atoms. The smallest absolute Gasteiger partial charge is 0.0979 e. The lowest BCUT2D eigenvalue weighted by Gasteiger charge is -2.43. The van der Waals surface area contributed by atoms with Gasteiger partial charge in [-0.2, -0.15) is 0 Å². The van der Waals surface area contributed by atoms with E-state index in [0.29, 0.717) is 6.04 Å². The van der Waals surface area contributed by atoms with Gasteiger partial charge in [0.2, 0.25) is 0 Å². The van der Waals surface area contributed by atoms with E-state index in [0.717, 1.165) is 38.8 Å². The van der Waals surface area contributed by atoms with Gasteiger partial charge in [0.1, 0.15) is 0 Å². The first-order chi connectivity index (χ1) is 8.66. The van der Waals surface area contributed by atoms with Crippen molar-refractivity contribution in [2.75, 3.05) is 13.2 Å². The van der Waals surface area contributed by atoms with Crippen LogP contribution in [0.5, 0.6) is 0 Å². The molecule has 0 aliphatic carbocycles. The van der Waals surface area contributed by atoms with Crippen molar-refractivity contribution in [3.63, 3.8) is 0 Å². The SMILES string of the molecule is CCc1sc2c(c1Br)C1(CCN[C@@H](C)C1)OCC2. The molecule has 0 amide bonds. The second-order valence-electron chi connectivity index (χ2n) is 5.39. The Balaban J connectivity index is 2.07. The van der Waals surface area contributed by atoms with Crippen molar-refractivity contribution < 1.29 is 4.74 Å². The predicted octanol–water partition coefficient (Wildman–Crippen LogP) is 3.61. The van der Waals surface area contributed by atoms with E-state index >= 15 is 0 Å². The molecule has 2 atom stereocenters. The van der Waals surface area contributed by atoms with E-state index < -0.39 is 0 Å². The summed E-state index contributed by atoms with van der Waals surface area (Å²) in [6.45, 7) is 6.44. The number of hydrogen-bond acceptors (Lipinski definition) is 3. The fraction of sp³-hybridized carbons (Fsp3) is 0.714. The summed E-state index contributed by atoms with van der Waals surface area (Å²) in [5, 5.41) is 3.53. The lowest BCUT2D eigenvalue weighted by Crippen LogP contribution is -2.48. The van der Waals surface area contributed by atoms with Crippen LogP contribution in [0.3, 0.4) is 0 Å². The largest absolute Gasteiger partial charge is 0.370 e. The number of hydrogen-bond donors (Lipinski definition) is 1. The van der Waals surface area contributed by atoms with Crippen LogP contribution in [0.15, 0.2) is 4.47 Å². The third kappa shape index (κ3) is 1.98. The van der Waals surface area contributed by atoms with Crippen molar-refractivity contribution in [2.24, 2.45) is 0 Å². The zero-order chi connectivity index (χ0) is 12.8. The Kier molecular flexibility index (Phi) is 3.56. The van der Waals surface area contributed by atoms with Gasteiger partial charge in [-0.25, -0.2) is 0 Å². The summed E-state index contributed by atoms with van der Waals surface area (Å²) >= 11 is 5.82. The second kappa shape index (κ2) is 4.89. The van der Waals surface area contributed by atoms with E-state index in [4.69, 9.17) is 4.74 Å². The molecule has 3 heterocycles. The number of nitrogens with one attached hydrogen (secondary N) is 1. The third-order valence-corrected chi connectivity index (χ3v) is 6.66. The molecule has 4 heteroatoms. The minimum atomic E-state index is -0.0268. The molecule has 1 aromatic heterocycles. The Bertz CT molecular complexity index is 459. The Morgan fingerprint density at radius 2 is 2.39 bits per heavy atom. The molecule has 1 fully saturated rings. The van der Waals surface area contributed by atoms with Crippen LogP contribution < -0.4 is 5.32 Å². The Morgan fingerprint density at radius 1 is 1.56 bits per heavy atom. The highest BCUT2D eigenvalue weighted by molar-refractivity contribution is 9.10. The quantitative estimate of drug-likeness (QED) is 0.849. The van der Waals surface area contributed by atoms with Crippen molar-refractivity contribution in [3.8, 4) is 0 Å². The van der Waals surface area contributed by atoms with Crippen LogP contribution in [0.25, 0.3) is 0 Å². The van der Waals surface area contributed by atoms with E-state index in [1.807, 2.05) is 11.3 Å². The monoisotopic (exact) mass is 329 g/mol. The van der Waals surface area contributed by atoms with Crippen molar-refractivity contribution in [3.05, 3.63) is 19.8 Å². The van der Waals surface area contributed by atoms with Gasteiger partial charge in [-0.15, -0.1) is 11.3 Å². The molecule has 100 valence electrons. The Labute approximate surface area is 121 Å². The molecule has 0 saturated carbocycles. The van der Waals surface area contributed by atoms with Gasteiger partial charge in [-0.1, -0.05) is 6.92 Å². The highest BCUT2D eigenvalue weighted by Crippen LogP contribution is 2.49. The molecular formula is C14H20BrNOS. The number of rotatable bonds is 1. The number of aryl methyl sites for hydroxylation is 1. The first kappa shape index (κ1) is 13.1. The highest BCUT2D eigenvalue weighted by atomic mass is 79.9. The zero-order valence-corrected chi connectivity index (χ0v) is 13.4. The number of fused-ring (bicyclic) bond motifs is 2. The standard InChI is InChI=1S/C14H20BrNOS/c1-3-10-13(15)12-11(18-10)4-7-17-14(12)5-6-16-9(2)8-14/h9,16H,3-8H2,1-2H3/t9-,14?/m0/s1. The van der Waals surface area contributed by atoms with Gasteiger partial charge in [-0.3, -0.25) is 0 Å². The maximum Gasteiger partial charge on any atom is 0.0979 e. The molecule has 3 rings (SSSR count). The van der Waals surface area contributed by atoms with E-state index in [-0.39, 0.29) is 5.60 Å². The molecular weight excluding hydrogens is 310 g/mol. The average Bonchev–Trinajstić information content (AvgIpc) is 2.67. The third-order valence-electron chi connectivity index (χ3n) is 4.13. The topological polar surface area (TPSA) is 21.3 Å². The molecule has 1 spiro atoms. The van der Waals surface area contributed by atoms with E-state index in [2.05, 4.69) is 35.1 Å². The molecule has 1 aromatic rings. The van der Waals surface area contributed by atoms with Gasteiger partial charge in [0, 0.05) is 32.3 Å². The van der Waals surface area contributed by atoms with Gasteiger partial charge in [0.15, 0.2) is 0 Å². The fourth-order valence-electron chi connectivity index (χ4n) is 3.32. The summed E-state index contributed by atoms with van der Waals surface area (Å²) in [5.74, 6) is 0. The van der Waals surface area contributed by atoms with Gasteiger partial charge < -0.3 is 10.1 Å². The number of piperidine rings is 1. The molecule has 0 radical (unpaired) electrons. The first-order valence-corrected chi connectivity index (χ1v) is 8.45. The van der Waals surface area contributed by atoms with Crippen LogP contribution in [-0.4, -0.2) is 19.2 Å². The summed E-state index contributed by atoms with van der Waals surface area (Å²) in [4.78, 5) is 3.04. The number of halogens is 1. The van der Waals surface area contributed by atoms with Crippen LogP contribution in [0.4, 0.5) is 0 Å². The summed E-state index contributed by atoms with van der Waals surface area (Å²) in [6.07, 6.45) is 4.39. The van der Waals surface area contributed by atoms with Crippen LogP contribution in [0.1, 0.15) is 42.0 Å². The first-order valence-electron chi connectivity index (χ1n) is 6.84. The van der Waals surface area contributed by atoms with Crippen LogP contribution in [-0.2, 0) is 23.2 Å². The number of ether oxygens (including phenoxy) is 1. The summed E-state index contributed by atoms with van der Waals surface area (Å²) in [6, 6.07) is 0.543. The normalized spacial score (nSPS) is 31.6. The van der Waals surface area contributed by atoms with Gasteiger partial charge >= 0.3 is 0 Å². The lowest BCUT2D eigenvalue weighted by atomic mass is 9.80. The molecule has 2 aliphatic rings. The number of thiophene rings is 1. The van der Waals surface area contributed by atoms with Crippen LogP contribution in [0, 0.1) is 0 Å². The molecule has 1 unspecified atom stereocenters. The van der Waals surface area contributed by atoms with E-state index in [1.54, 1.807) is 4.88 Å². The molecule has 18 heavy (non-hydrogen) atoms. The van der Waals surface area contributed by atoms with Crippen molar-refractivity contribution in [1.29, 1.82) is 0 Å². The summed E-state index contributed by atoms with van der Waals surface area (Å²) < 4.78 is 7.61. The minimum Gasteiger partial charge on any atom is -0.370 e. The fourth-order valence-corrected chi connectivity index (χ4v) is 5.79. The van der Waals surface area contributed by atoms with Gasteiger partial charge in [0.05, 0.1) is 12.2 Å². The van der Waals surface area contributed by atoms with Crippen molar-refractivity contribution >= 4 is 27.3 Å². The Hall–Kier alpha value is 0.1000. The molecule has 1 saturated heterocycles. The molecule has 1 N–H and O–H groups in total. The summed E-state index contributed by atoms with van der Waals surface area (Å²) in [5.41, 5.74) is 1.45. The average molecular weight is 330 g/mol. The maximum absolute atomic E-state index is 6.28. The summed E-state index contributed by atoms with van der Waals surface area (Å²) in [7, 11) is 0. The Morgan fingerprint density at radius 3 is 3.11 bits per heavy atom. The maximum atomic E-state index is 6.28. The molecule has 2 aliphatic heterocycles. The van der Waals surface area contributed by atoms with Crippen molar-refractivity contribution in [1.82, 2.24) is 5.32 Å². The van der Waals surface area contributed by atoms with Crippen molar-refractivity contribution in [2.45, 2.75) is 51.2 Å². The van der Waals surface area contributed by atoms with Crippen LogP contribution in [0.2, 0.25) is 0 Å². The predicted molar refractivity (Wildman–Crippen MR) is 79.4 cm³/mol. The van der Waals surface area contributed by atoms with Gasteiger partial charge in [0.25, 0.3) is 0 Å². The minimum absolute atomic E-state index is 0.0268. The van der Waals surface area contributed by atoms with Gasteiger partial charge in [-0.05, 0) is 48.7 Å². The second-order valence-corrected chi connectivity index (χ2v) is 7.38. The van der Waals surface area contributed by atoms with E-state index in [1.165, 1.54) is 14.9 Å². The zero-order valence-electron chi connectivity index (χ0n) is 11.0. The molecule has 2 nitrogen and oxygen atoms in total. The molecule has 0 aromatic carbocycles.